The van der Waals surface area contributed by atoms with E-state index in [-0.39, 0.29) is 16.6 Å². The van der Waals surface area contributed by atoms with Gasteiger partial charge >= 0.3 is 0 Å². The Labute approximate surface area is 127 Å². The molecule has 2 rings (SSSR count). The van der Waals surface area contributed by atoms with E-state index >= 15 is 0 Å². The van der Waals surface area contributed by atoms with Crippen molar-refractivity contribution in [2.24, 2.45) is 11.1 Å². The summed E-state index contributed by atoms with van der Waals surface area (Å²) >= 11 is 5.81. The van der Waals surface area contributed by atoms with Gasteiger partial charge in [-0.3, -0.25) is 4.79 Å². The van der Waals surface area contributed by atoms with E-state index in [0.717, 1.165) is 31.4 Å². The van der Waals surface area contributed by atoms with Gasteiger partial charge in [-0.05, 0) is 30.9 Å². The van der Waals surface area contributed by atoms with Gasteiger partial charge in [0.25, 0.3) is 5.91 Å². The molecule has 1 aliphatic carbocycles. The molecular formula is C13H16ClFN2O3S. The third-order valence-electron chi connectivity index (χ3n) is 3.47. The number of sulfonamides is 1. The highest BCUT2D eigenvalue weighted by Gasteiger charge is 2.37. The summed E-state index contributed by atoms with van der Waals surface area (Å²) in [4.78, 5) is 11.4. The maximum Gasteiger partial charge on any atom is 0.253 e. The predicted octanol–water partition coefficient (Wildman–Crippen LogP) is 2.04. The highest BCUT2D eigenvalue weighted by atomic mass is 35.5. The number of amides is 1. The van der Waals surface area contributed by atoms with Crippen LogP contribution < -0.4 is 10.5 Å². The van der Waals surface area contributed by atoms with Gasteiger partial charge in [0.1, 0.15) is 10.7 Å². The zero-order valence-corrected chi connectivity index (χ0v) is 13.0. The molecule has 0 spiro atoms. The van der Waals surface area contributed by atoms with Crippen LogP contribution in [-0.4, -0.2) is 20.4 Å². The first-order chi connectivity index (χ1) is 9.74. The molecule has 0 saturated heterocycles. The van der Waals surface area contributed by atoms with E-state index in [0.29, 0.717) is 5.92 Å². The monoisotopic (exact) mass is 334 g/mol. The average molecular weight is 335 g/mol. The van der Waals surface area contributed by atoms with Gasteiger partial charge in [-0.25, -0.2) is 17.9 Å². The van der Waals surface area contributed by atoms with Crippen molar-refractivity contribution in [3.8, 4) is 0 Å². The summed E-state index contributed by atoms with van der Waals surface area (Å²) in [7, 11) is -4.25. The van der Waals surface area contributed by atoms with Crippen molar-refractivity contribution in [1.82, 2.24) is 5.32 Å². The standard InChI is InChI=1S/C13H16ClFN2O3S/c1-2-3-7-4-11(7)17-13(18)8-5-12(21(16,19)20)10(15)6-9(8)14/h5-7,11H,2-4H2,1H3,(H,17,18)(H2,16,19,20). The van der Waals surface area contributed by atoms with Crippen LogP contribution in [0.3, 0.4) is 0 Å². The fourth-order valence-corrected chi connectivity index (χ4v) is 3.13. The number of hydrogen-bond acceptors (Lipinski definition) is 3. The van der Waals surface area contributed by atoms with Crippen LogP contribution in [-0.2, 0) is 10.0 Å². The average Bonchev–Trinajstić information content (AvgIpc) is 3.05. The summed E-state index contributed by atoms with van der Waals surface area (Å²) < 4.78 is 36.1. The SMILES string of the molecule is CCCC1CC1NC(=O)c1cc(S(N)(=O)=O)c(F)cc1Cl. The number of benzene rings is 1. The molecule has 0 bridgehead atoms. The van der Waals surface area contributed by atoms with Gasteiger partial charge in [-0.1, -0.05) is 24.9 Å². The molecule has 1 aromatic rings. The Kier molecular flexibility index (Phi) is 4.55. The molecule has 0 aromatic heterocycles. The Balaban J connectivity index is 2.22. The zero-order chi connectivity index (χ0) is 15.8. The summed E-state index contributed by atoms with van der Waals surface area (Å²) in [6.07, 6.45) is 2.94. The van der Waals surface area contributed by atoms with Gasteiger partial charge in [0.05, 0.1) is 10.6 Å². The molecule has 5 nitrogen and oxygen atoms in total. The summed E-state index contributed by atoms with van der Waals surface area (Å²) in [5, 5.41) is 7.52. The summed E-state index contributed by atoms with van der Waals surface area (Å²) in [5.41, 5.74) is -0.0933. The third kappa shape index (κ3) is 3.72. The summed E-state index contributed by atoms with van der Waals surface area (Å²) in [6, 6.07) is 1.73. The van der Waals surface area contributed by atoms with E-state index in [1.54, 1.807) is 0 Å². The number of halogens is 2. The van der Waals surface area contributed by atoms with Gasteiger partial charge in [-0.15, -0.1) is 0 Å². The molecular weight excluding hydrogens is 319 g/mol. The van der Waals surface area contributed by atoms with Crippen LogP contribution in [0.2, 0.25) is 5.02 Å². The van der Waals surface area contributed by atoms with Crippen LogP contribution in [0.4, 0.5) is 4.39 Å². The van der Waals surface area contributed by atoms with Crippen LogP contribution in [0.5, 0.6) is 0 Å². The third-order valence-corrected chi connectivity index (χ3v) is 4.71. The van der Waals surface area contributed by atoms with Gasteiger partial charge in [0, 0.05) is 6.04 Å². The highest BCUT2D eigenvalue weighted by molar-refractivity contribution is 7.89. The molecule has 116 valence electrons. The van der Waals surface area contributed by atoms with Gasteiger partial charge in [0.15, 0.2) is 0 Å². The molecule has 1 fully saturated rings. The molecule has 0 radical (unpaired) electrons. The lowest BCUT2D eigenvalue weighted by molar-refractivity contribution is 0.0948. The number of rotatable bonds is 5. The molecule has 3 N–H and O–H groups in total. The minimum absolute atomic E-state index is 0.0662. The van der Waals surface area contributed by atoms with Gasteiger partial charge in [-0.2, -0.15) is 0 Å². The Morgan fingerprint density at radius 1 is 1.52 bits per heavy atom. The fraction of sp³-hybridized carbons (Fsp3) is 0.462. The number of nitrogens with one attached hydrogen (secondary N) is 1. The number of hydrogen-bond donors (Lipinski definition) is 2. The lowest BCUT2D eigenvalue weighted by atomic mass is 10.2. The van der Waals surface area contributed by atoms with Crippen LogP contribution >= 0.6 is 11.6 Å². The first kappa shape index (κ1) is 16.2. The van der Waals surface area contributed by atoms with Crippen molar-refractivity contribution in [3.05, 3.63) is 28.5 Å². The Bertz CT molecular complexity index is 678. The number of primary sulfonamides is 1. The largest absolute Gasteiger partial charge is 0.349 e. The number of carbonyl (C=O) groups is 1. The Morgan fingerprint density at radius 2 is 2.19 bits per heavy atom. The predicted molar refractivity (Wildman–Crippen MR) is 77.1 cm³/mol. The van der Waals surface area contributed by atoms with Crippen molar-refractivity contribution < 1.29 is 17.6 Å². The Hall–Kier alpha value is -1.18. The number of carbonyl (C=O) groups excluding carboxylic acids is 1. The van der Waals surface area contributed by atoms with Crippen molar-refractivity contribution in [1.29, 1.82) is 0 Å². The normalized spacial score (nSPS) is 21.1. The second-order valence-corrected chi connectivity index (χ2v) is 7.11. The topological polar surface area (TPSA) is 89.3 Å². The van der Waals surface area contributed by atoms with Gasteiger partial charge in [0.2, 0.25) is 10.0 Å². The fourth-order valence-electron chi connectivity index (χ4n) is 2.28. The molecule has 1 aromatic carbocycles. The van der Waals surface area contributed by atoms with Crippen LogP contribution in [0.1, 0.15) is 36.5 Å². The minimum Gasteiger partial charge on any atom is -0.349 e. The van der Waals surface area contributed by atoms with Crippen LogP contribution in [0.15, 0.2) is 17.0 Å². The highest BCUT2D eigenvalue weighted by Crippen LogP contribution is 2.35. The second-order valence-electron chi connectivity index (χ2n) is 5.17. The molecule has 0 aliphatic heterocycles. The maximum atomic E-state index is 13.6. The molecule has 1 saturated carbocycles. The molecule has 21 heavy (non-hydrogen) atoms. The molecule has 8 heteroatoms. The van der Waals surface area contributed by atoms with E-state index in [1.807, 2.05) is 0 Å². The van der Waals surface area contributed by atoms with E-state index in [1.165, 1.54) is 0 Å². The summed E-state index contributed by atoms with van der Waals surface area (Å²) in [5.74, 6) is -1.15. The van der Waals surface area contributed by atoms with E-state index < -0.39 is 26.6 Å². The van der Waals surface area contributed by atoms with E-state index in [4.69, 9.17) is 16.7 Å². The van der Waals surface area contributed by atoms with Crippen molar-refractivity contribution in [2.75, 3.05) is 0 Å². The second kappa shape index (κ2) is 5.90. The van der Waals surface area contributed by atoms with E-state index in [2.05, 4.69) is 12.2 Å². The smallest absolute Gasteiger partial charge is 0.253 e. The van der Waals surface area contributed by atoms with Crippen LogP contribution in [0, 0.1) is 11.7 Å². The quantitative estimate of drug-likeness (QED) is 0.863. The lowest BCUT2D eigenvalue weighted by Gasteiger charge is -2.09. The zero-order valence-electron chi connectivity index (χ0n) is 11.4. The first-order valence-corrected chi connectivity index (χ1v) is 8.49. The molecule has 2 atom stereocenters. The maximum absolute atomic E-state index is 13.6. The number of nitrogens with two attached hydrogens (primary N) is 1. The van der Waals surface area contributed by atoms with Crippen molar-refractivity contribution in [3.63, 3.8) is 0 Å². The molecule has 1 amide bonds. The molecule has 1 aliphatic rings. The Morgan fingerprint density at radius 3 is 2.76 bits per heavy atom. The van der Waals surface area contributed by atoms with Crippen molar-refractivity contribution in [2.45, 2.75) is 37.1 Å². The minimum atomic E-state index is -4.25. The lowest BCUT2D eigenvalue weighted by Crippen LogP contribution is -2.27. The van der Waals surface area contributed by atoms with Crippen molar-refractivity contribution >= 4 is 27.5 Å². The molecule has 0 heterocycles. The van der Waals surface area contributed by atoms with Gasteiger partial charge < -0.3 is 5.32 Å². The van der Waals surface area contributed by atoms with E-state index in [9.17, 15) is 17.6 Å². The van der Waals surface area contributed by atoms with Crippen LogP contribution in [0.25, 0.3) is 0 Å². The molecule has 2 unspecified atom stereocenters. The first-order valence-electron chi connectivity index (χ1n) is 6.56. The summed E-state index contributed by atoms with van der Waals surface area (Å²) in [6.45, 7) is 2.06.